The molecule has 2 amide bonds. The minimum atomic E-state index is -3.63. The summed E-state index contributed by atoms with van der Waals surface area (Å²) in [6, 6.07) is 13.6. The van der Waals surface area contributed by atoms with Crippen molar-refractivity contribution in [3.63, 3.8) is 0 Å². The van der Waals surface area contributed by atoms with Crippen LogP contribution in [0.3, 0.4) is 0 Å². The van der Waals surface area contributed by atoms with Gasteiger partial charge in [0.2, 0.25) is 21.1 Å². The molecule has 0 bridgehead atoms. The number of nitrogens with one attached hydrogen (secondary N) is 2. The van der Waals surface area contributed by atoms with E-state index in [2.05, 4.69) is 27.8 Å². The van der Waals surface area contributed by atoms with Gasteiger partial charge in [-0.25, -0.2) is 8.42 Å². The summed E-state index contributed by atoms with van der Waals surface area (Å²) in [4.78, 5) is 25.1. The molecular formula is C25H29N5O5S3. The standard InChI is InChI=1S/C25H29N5O5S3/c1-2-3-4-18-5-9-20(10-6-18)26-22(31)17-36-25-29-28-24(37-25)27-23(32)19-7-11-21(12-8-19)38(33,34)30-13-15-35-16-14-30/h5-12H,2-4,13-17H2,1H3,(H,26,31)(H,27,28,32). The van der Waals surface area contributed by atoms with E-state index in [0.717, 1.165) is 36.3 Å². The number of ether oxygens (including phenoxy) is 1. The highest BCUT2D eigenvalue weighted by Crippen LogP contribution is 2.26. The second-order valence-electron chi connectivity index (χ2n) is 8.51. The van der Waals surface area contributed by atoms with Crippen LogP contribution in [0.1, 0.15) is 35.7 Å². The lowest BCUT2D eigenvalue weighted by atomic mass is 10.1. The van der Waals surface area contributed by atoms with Crippen molar-refractivity contribution in [2.24, 2.45) is 0 Å². The first kappa shape index (κ1) is 28.2. The molecule has 3 aromatic rings. The molecule has 1 aromatic heterocycles. The third-order valence-corrected chi connectivity index (χ3v) is 9.62. The monoisotopic (exact) mass is 575 g/mol. The highest BCUT2D eigenvalue weighted by atomic mass is 32.2. The van der Waals surface area contributed by atoms with Gasteiger partial charge in [-0.1, -0.05) is 48.6 Å². The van der Waals surface area contributed by atoms with E-state index in [0.29, 0.717) is 30.6 Å². The second-order valence-corrected chi connectivity index (χ2v) is 12.6. The summed E-state index contributed by atoms with van der Waals surface area (Å²) in [6.45, 7) is 3.48. The molecule has 1 aliphatic heterocycles. The van der Waals surface area contributed by atoms with Crippen LogP contribution in [0.4, 0.5) is 10.8 Å². The van der Waals surface area contributed by atoms with Crippen LogP contribution in [0, 0.1) is 0 Å². The second kappa shape index (κ2) is 13.3. The third kappa shape index (κ3) is 7.60. The number of sulfonamides is 1. The number of anilines is 2. The zero-order chi connectivity index (χ0) is 27.0. The molecule has 4 rings (SSSR count). The van der Waals surface area contributed by atoms with E-state index in [9.17, 15) is 18.0 Å². The molecule has 1 aliphatic rings. The fourth-order valence-corrected chi connectivity index (χ4v) is 6.62. The number of aromatic nitrogens is 2. The van der Waals surface area contributed by atoms with Crippen molar-refractivity contribution < 1.29 is 22.7 Å². The number of morpholine rings is 1. The molecule has 2 heterocycles. The van der Waals surface area contributed by atoms with Crippen LogP contribution in [0.25, 0.3) is 0 Å². The van der Waals surface area contributed by atoms with E-state index < -0.39 is 15.9 Å². The average molecular weight is 576 g/mol. The number of amides is 2. The predicted octanol–water partition coefficient (Wildman–Crippen LogP) is 3.88. The number of rotatable bonds is 11. The lowest BCUT2D eigenvalue weighted by Gasteiger charge is -2.26. The van der Waals surface area contributed by atoms with Crippen LogP contribution < -0.4 is 10.6 Å². The maximum Gasteiger partial charge on any atom is 0.257 e. The van der Waals surface area contributed by atoms with Gasteiger partial charge in [0.1, 0.15) is 0 Å². The van der Waals surface area contributed by atoms with E-state index >= 15 is 0 Å². The maximum absolute atomic E-state index is 12.7. The third-order valence-electron chi connectivity index (χ3n) is 5.73. The molecule has 0 spiro atoms. The van der Waals surface area contributed by atoms with Gasteiger partial charge in [-0.2, -0.15) is 4.31 Å². The van der Waals surface area contributed by atoms with Gasteiger partial charge in [0, 0.05) is 24.3 Å². The van der Waals surface area contributed by atoms with Crippen LogP contribution in [-0.2, 0) is 26.0 Å². The van der Waals surface area contributed by atoms with Crippen molar-refractivity contribution in [2.75, 3.05) is 42.7 Å². The summed E-state index contributed by atoms with van der Waals surface area (Å²) in [7, 11) is -3.63. The molecule has 38 heavy (non-hydrogen) atoms. The SMILES string of the molecule is CCCCc1ccc(NC(=O)CSc2nnc(NC(=O)c3ccc(S(=O)(=O)N4CCOCC4)cc3)s2)cc1. The Morgan fingerprint density at radius 2 is 1.74 bits per heavy atom. The van der Waals surface area contributed by atoms with Crippen molar-refractivity contribution in [1.29, 1.82) is 0 Å². The first-order valence-electron chi connectivity index (χ1n) is 12.2. The maximum atomic E-state index is 12.7. The normalized spacial score (nSPS) is 14.2. The van der Waals surface area contributed by atoms with Crippen LogP contribution in [0.2, 0.25) is 0 Å². The molecule has 2 N–H and O–H groups in total. The van der Waals surface area contributed by atoms with Crippen LogP contribution in [-0.4, -0.2) is 66.8 Å². The van der Waals surface area contributed by atoms with Crippen LogP contribution in [0.15, 0.2) is 57.8 Å². The highest BCUT2D eigenvalue weighted by Gasteiger charge is 2.26. The Hall–Kier alpha value is -2.84. The van der Waals surface area contributed by atoms with Crippen LogP contribution >= 0.6 is 23.1 Å². The van der Waals surface area contributed by atoms with Crippen LogP contribution in [0.5, 0.6) is 0 Å². The largest absolute Gasteiger partial charge is 0.379 e. The molecule has 0 aliphatic carbocycles. The Morgan fingerprint density at radius 3 is 2.42 bits per heavy atom. The molecule has 13 heteroatoms. The molecular weight excluding hydrogens is 547 g/mol. The van der Waals surface area contributed by atoms with Gasteiger partial charge >= 0.3 is 0 Å². The smallest absolute Gasteiger partial charge is 0.257 e. The Bertz CT molecular complexity index is 1340. The first-order valence-corrected chi connectivity index (χ1v) is 15.4. The number of carbonyl (C=O) groups excluding carboxylic acids is 2. The van der Waals surface area contributed by atoms with Crippen molar-refractivity contribution >= 4 is 55.8 Å². The lowest BCUT2D eigenvalue weighted by Crippen LogP contribution is -2.40. The Balaban J connectivity index is 1.26. The van der Waals surface area contributed by atoms with Gasteiger partial charge in [0.15, 0.2) is 4.34 Å². The van der Waals surface area contributed by atoms with E-state index in [1.807, 2.05) is 24.3 Å². The number of benzene rings is 2. The molecule has 1 saturated heterocycles. The lowest BCUT2D eigenvalue weighted by molar-refractivity contribution is -0.113. The summed E-state index contributed by atoms with van der Waals surface area (Å²) in [5, 5.41) is 13.8. The fraction of sp³-hybridized carbons (Fsp3) is 0.360. The number of unbranched alkanes of at least 4 members (excludes halogenated alkanes) is 1. The number of hydrogen-bond acceptors (Lipinski definition) is 9. The number of aryl methyl sites for hydroxylation is 1. The van der Waals surface area contributed by atoms with Crippen molar-refractivity contribution in [2.45, 2.75) is 35.4 Å². The molecule has 1 fully saturated rings. The number of hydrogen-bond donors (Lipinski definition) is 2. The van der Waals surface area contributed by atoms with Gasteiger partial charge in [-0.3, -0.25) is 14.9 Å². The summed E-state index contributed by atoms with van der Waals surface area (Å²) >= 11 is 2.38. The molecule has 10 nitrogen and oxygen atoms in total. The zero-order valence-electron chi connectivity index (χ0n) is 20.9. The van der Waals surface area contributed by atoms with Gasteiger partial charge < -0.3 is 10.1 Å². The summed E-state index contributed by atoms with van der Waals surface area (Å²) in [5.74, 6) is -0.448. The van der Waals surface area contributed by atoms with Gasteiger partial charge in [-0.15, -0.1) is 10.2 Å². The minimum absolute atomic E-state index is 0.122. The minimum Gasteiger partial charge on any atom is -0.379 e. The number of thioether (sulfide) groups is 1. The first-order chi connectivity index (χ1) is 18.3. The van der Waals surface area contributed by atoms with Gasteiger partial charge in [0.05, 0.1) is 23.9 Å². The highest BCUT2D eigenvalue weighted by molar-refractivity contribution is 8.01. The fourth-order valence-electron chi connectivity index (χ4n) is 3.66. The molecule has 0 unspecified atom stereocenters. The topological polar surface area (TPSA) is 131 Å². The Kier molecular flexibility index (Phi) is 9.86. The van der Waals surface area contributed by atoms with E-state index in [1.165, 1.54) is 45.9 Å². The predicted molar refractivity (Wildman–Crippen MR) is 148 cm³/mol. The van der Waals surface area contributed by atoms with Gasteiger partial charge in [0.25, 0.3) is 5.91 Å². The Morgan fingerprint density at radius 1 is 1.03 bits per heavy atom. The zero-order valence-corrected chi connectivity index (χ0v) is 23.3. The molecule has 0 atom stereocenters. The quantitative estimate of drug-likeness (QED) is 0.260. The Labute approximate surface area is 230 Å². The summed E-state index contributed by atoms with van der Waals surface area (Å²) < 4.78 is 32.6. The van der Waals surface area contributed by atoms with Crippen molar-refractivity contribution in [3.05, 3.63) is 59.7 Å². The van der Waals surface area contributed by atoms with Crippen molar-refractivity contribution in [1.82, 2.24) is 14.5 Å². The van der Waals surface area contributed by atoms with E-state index in [1.54, 1.807) is 0 Å². The molecule has 202 valence electrons. The summed E-state index contributed by atoms with van der Waals surface area (Å²) in [5.41, 5.74) is 2.27. The number of nitrogens with zero attached hydrogens (tertiary/aromatic N) is 3. The summed E-state index contributed by atoms with van der Waals surface area (Å²) in [6.07, 6.45) is 3.30. The van der Waals surface area contributed by atoms with E-state index in [4.69, 9.17) is 4.74 Å². The van der Waals surface area contributed by atoms with Gasteiger partial charge in [-0.05, 0) is 54.8 Å². The average Bonchev–Trinajstić information content (AvgIpc) is 3.39. The molecule has 0 radical (unpaired) electrons. The molecule has 0 saturated carbocycles. The number of carbonyl (C=O) groups is 2. The molecule has 2 aromatic carbocycles. The van der Waals surface area contributed by atoms with Crippen molar-refractivity contribution in [3.8, 4) is 0 Å². The van der Waals surface area contributed by atoms with E-state index in [-0.39, 0.29) is 27.3 Å².